The van der Waals surface area contributed by atoms with Crippen molar-refractivity contribution in [2.45, 2.75) is 64.1 Å². The first-order chi connectivity index (χ1) is 21.9. The van der Waals surface area contributed by atoms with Crippen molar-refractivity contribution in [1.82, 2.24) is 5.32 Å². The Hall–Kier alpha value is -3.27. The van der Waals surface area contributed by atoms with E-state index in [1.54, 1.807) is 7.11 Å². The maximum Gasteiger partial charge on any atom is 0.232 e. The van der Waals surface area contributed by atoms with Gasteiger partial charge in [-0.3, -0.25) is 4.79 Å². The summed E-state index contributed by atoms with van der Waals surface area (Å²) in [6, 6.07) is 19.9. The Labute approximate surface area is 278 Å². The van der Waals surface area contributed by atoms with E-state index in [1.165, 1.54) is 6.26 Å². The molecular formula is C36H46ClN3O5S. The summed E-state index contributed by atoms with van der Waals surface area (Å²) >= 11 is 6.27. The fourth-order valence-electron chi connectivity index (χ4n) is 6.69. The number of hydrogen-bond acceptors (Lipinski definition) is 7. The number of carbonyl (C=O) groups excluding carboxylic acids is 1. The fraction of sp³-hybridized carbons (Fsp3) is 0.472. The van der Waals surface area contributed by atoms with Crippen LogP contribution in [-0.4, -0.2) is 65.7 Å². The predicted octanol–water partition coefficient (Wildman–Crippen LogP) is 6.44. The number of methoxy groups -OCH3 is 1. The van der Waals surface area contributed by atoms with Crippen molar-refractivity contribution in [3.8, 4) is 11.5 Å². The van der Waals surface area contributed by atoms with Gasteiger partial charge in [0.2, 0.25) is 5.91 Å². The summed E-state index contributed by atoms with van der Waals surface area (Å²) in [7, 11) is 0.796. The number of carbonyl (C=O) groups is 1. The molecule has 2 aliphatic rings. The number of fused-ring (bicyclic) bond motifs is 1. The van der Waals surface area contributed by atoms with E-state index in [9.17, 15) is 13.2 Å². The third-order valence-corrected chi connectivity index (χ3v) is 10.2. The molecule has 1 atom stereocenters. The van der Waals surface area contributed by atoms with E-state index >= 15 is 0 Å². The molecule has 0 radical (unpaired) electrons. The summed E-state index contributed by atoms with van der Waals surface area (Å²) < 4.78 is 34.6. The molecule has 1 heterocycles. The van der Waals surface area contributed by atoms with Crippen molar-refractivity contribution >= 4 is 38.7 Å². The maximum absolute atomic E-state index is 13.9. The molecule has 10 heteroatoms. The summed E-state index contributed by atoms with van der Waals surface area (Å²) in [6.45, 7) is 5.43. The number of rotatable bonds is 12. The molecule has 1 fully saturated rings. The Morgan fingerprint density at radius 3 is 2.28 bits per heavy atom. The van der Waals surface area contributed by atoms with Gasteiger partial charge >= 0.3 is 0 Å². The minimum absolute atomic E-state index is 0.00930. The molecule has 0 spiro atoms. The van der Waals surface area contributed by atoms with Crippen molar-refractivity contribution in [3.63, 3.8) is 0 Å². The van der Waals surface area contributed by atoms with Crippen molar-refractivity contribution in [1.29, 1.82) is 0 Å². The van der Waals surface area contributed by atoms with E-state index in [0.717, 1.165) is 60.3 Å². The average Bonchev–Trinajstić information content (AvgIpc) is 3.01. The van der Waals surface area contributed by atoms with Gasteiger partial charge in [-0.15, -0.1) is 0 Å². The second-order valence-electron chi connectivity index (χ2n) is 13.0. The van der Waals surface area contributed by atoms with Crippen LogP contribution in [-0.2, 0) is 21.1 Å². The van der Waals surface area contributed by atoms with E-state index in [1.807, 2.05) is 67.3 Å². The van der Waals surface area contributed by atoms with Crippen LogP contribution in [0.4, 0.5) is 11.4 Å². The molecule has 8 nitrogen and oxygen atoms in total. The van der Waals surface area contributed by atoms with Gasteiger partial charge in [-0.1, -0.05) is 23.7 Å². The minimum Gasteiger partial charge on any atom is -0.493 e. The SMILES string of the molecule is COc1cc2c(cc1OC(C)C)C(c1ccc(Cl)cc1)N(c1ccc(N(C)CC3CCC(NCCS(C)(=O)=O)CC3)cc1)C(=O)C2. The van der Waals surface area contributed by atoms with E-state index in [0.29, 0.717) is 35.0 Å². The van der Waals surface area contributed by atoms with Gasteiger partial charge < -0.3 is 24.6 Å². The van der Waals surface area contributed by atoms with E-state index < -0.39 is 9.84 Å². The van der Waals surface area contributed by atoms with Gasteiger partial charge in [0.15, 0.2) is 11.5 Å². The Bertz CT molecular complexity index is 1600. The maximum atomic E-state index is 13.9. The third-order valence-electron chi connectivity index (χ3n) is 8.99. The van der Waals surface area contributed by atoms with Gasteiger partial charge in [-0.25, -0.2) is 8.42 Å². The lowest BCUT2D eigenvalue weighted by Crippen LogP contribution is -2.41. The summed E-state index contributed by atoms with van der Waals surface area (Å²) in [5.74, 6) is 2.04. The monoisotopic (exact) mass is 667 g/mol. The van der Waals surface area contributed by atoms with Crippen LogP contribution in [0.2, 0.25) is 5.02 Å². The predicted molar refractivity (Wildman–Crippen MR) is 186 cm³/mol. The van der Waals surface area contributed by atoms with Gasteiger partial charge in [-0.05, 0) is 111 Å². The van der Waals surface area contributed by atoms with Crippen LogP contribution >= 0.6 is 11.6 Å². The molecule has 0 bridgehead atoms. The standard InChI is InChI=1S/C36H46ClN3O5S/c1-24(2)45-34-22-32-27(20-33(34)44-4)21-35(41)40(36(32)26-8-10-28(37)11-9-26)31-16-14-30(15-17-31)39(3)23-25-6-12-29(13-7-25)38-18-19-46(5,42)43/h8-11,14-17,20,22,24-25,29,36,38H,6-7,12-13,18-19,21,23H2,1-5H3. The molecule has 3 aromatic rings. The number of benzene rings is 3. The normalized spacial score (nSPS) is 20.0. The zero-order valence-corrected chi connectivity index (χ0v) is 29.0. The molecule has 1 aliphatic heterocycles. The molecule has 1 unspecified atom stereocenters. The Balaban J connectivity index is 1.33. The van der Waals surface area contributed by atoms with Gasteiger partial charge in [-0.2, -0.15) is 0 Å². The lowest BCUT2D eigenvalue weighted by atomic mass is 9.85. The smallest absolute Gasteiger partial charge is 0.232 e. The molecular weight excluding hydrogens is 622 g/mol. The number of sulfone groups is 1. The quantitative estimate of drug-likeness (QED) is 0.238. The number of hydrogen-bond donors (Lipinski definition) is 1. The second-order valence-corrected chi connectivity index (χ2v) is 15.7. The summed E-state index contributed by atoms with van der Waals surface area (Å²) in [4.78, 5) is 18.1. The van der Waals surface area contributed by atoms with Crippen molar-refractivity contribution in [3.05, 3.63) is 82.4 Å². The summed E-state index contributed by atoms with van der Waals surface area (Å²) in [5, 5.41) is 4.06. The number of anilines is 2. The lowest BCUT2D eigenvalue weighted by molar-refractivity contribution is -0.118. The molecule has 3 aromatic carbocycles. The highest BCUT2D eigenvalue weighted by Crippen LogP contribution is 2.44. The molecule has 1 amide bonds. The third kappa shape index (κ3) is 8.35. The first kappa shape index (κ1) is 34.1. The van der Waals surface area contributed by atoms with Gasteiger partial charge in [0.05, 0.1) is 31.4 Å². The highest BCUT2D eigenvalue weighted by molar-refractivity contribution is 7.90. The van der Waals surface area contributed by atoms with Crippen molar-refractivity contribution in [2.75, 3.05) is 49.1 Å². The number of nitrogens with one attached hydrogen (secondary N) is 1. The molecule has 248 valence electrons. The molecule has 0 saturated heterocycles. The minimum atomic E-state index is -2.94. The Kier molecular flexibility index (Phi) is 10.9. The number of ether oxygens (including phenoxy) is 2. The zero-order chi connectivity index (χ0) is 33.0. The highest BCUT2D eigenvalue weighted by atomic mass is 35.5. The first-order valence-corrected chi connectivity index (χ1v) is 18.5. The van der Waals surface area contributed by atoms with Crippen LogP contribution in [0.25, 0.3) is 0 Å². The molecule has 46 heavy (non-hydrogen) atoms. The van der Waals surface area contributed by atoms with Crippen LogP contribution < -0.4 is 24.6 Å². The fourth-order valence-corrected chi connectivity index (χ4v) is 7.30. The average molecular weight is 668 g/mol. The van der Waals surface area contributed by atoms with Gasteiger partial charge in [0.25, 0.3) is 0 Å². The second kappa shape index (κ2) is 14.7. The largest absolute Gasteiger partial charge is 0.493 e. The van der Waals surface area contributed by atoms with Gasteiger partial charge in [0.1, 0.15) is 9.84 Å². The Morgan fingerprint density at radius 1 is 1.00 bits per heavy atom. The zero-order valence-electron chi connectivity index (χ0n) is 27.5. The molecule has 1 N–H and O–H groups in total. The summed E-state index contributed by atoms with van der Waals surface area (Å²) in [6.07, 6.45) is 5.83. The van der Waals surface area contributed by atoms with Crippen LogP contribution in [0.5, 0.6) is 11.5 Å². The molecule has 1 aliphatic carbocycles. The summed E-state index contributed by atoms with van der Waals surface area (Å²) in [5.41, 5.74) is 4.81. The topological polar surface area (TPSA) is 88.2 Å². The van der Waals surface area contributed by atoms with Crippen LogP contribution in [0.3, 0.4) is 0 Å². The van der Waals surface area contributed by atoms with Crippen LogP contribution in [0.1, 0.15) is 62.3 Å². The number of halogens is 1. The number of nitrogens with zero attached hydrogens (tertiary/aromatic N) is 2. The van der Waals surface area contributed by atoms with Crippen LogP contribution in [0.15, 0.2) is 60.7 Å². The first-order valence-electron chi connectivity index (χ1n) is 16.1. The molecule has 1 saturated carbocycles. The number of amides is 1. The van der Waals surface area contributed by atoms with Crippen molar-refractivity contribution < 1.29 is 22.7 Å². The van der Waals surface area contributed by atoms with Crippen LogP contribution in [0, 0.1) is 5.92 Å². The van der Waals surface area contributed by atoms with E-state index in [2.05, 4.69) is 29.4 Å². The molecule has 0 aromatic heterocycles. The molecule has 5 rings (SSSR count). The van der Waals surface area contributed by atoms with E-state index in [-0.39, 0.29) is 30.2 Å². The van der Waals surface area contributed by atoms with Crippen molar-refractivity contribution in [2.24, 2.45) is 5.92 Å². The van der Waals surface area contributed by atoms with Gasteiger partial charge in [0, 0.05) is 48.8 Å². The highest BCUT2D eigenvalue weighted by Gasteiger charge is 2.36. The van der Waals surface area contributed by atoms with E-state index in [4.69, 9.17) is 21.1 Å². The Morgan fingerprint density at radius 2 is 1.67 bits per heavy atom. The lowest BCUT2D eigenvalue weighted by Gasteiger charge is -2.38.